The first-order valence-electron chi connectivity index (χ1n) is 6.00. The van der Waals surface area contributed by atoms with Crippen molar-refractivity contribution in [1.82, 2.24) is 0 Å². The van der Waals surface area contributed by atoms with Crippen LogP contribution in [0.5, 0.6) is 0 Å². The highest BCUT2D eigenvalue weighted by Gasteiger charge is 2.56. The molecule has 1 saturated carbocycles. The average Bonchev–Trinajstić information content (AvgIpc) is 2.33. The highest BCUT2D eigenvalue weighted by molar-refractivity contribution is 5.18. The van der Waals surface area contributed by atoms with Gasteiger partial charge in [-0.05, 0) is 57.8 Å². The number of allylic oxidation sites excluding steroid dienone is 1. The number of hydrogen-bond acceptors (Lipinski definition) is 1. The predicted molar refractivity (Wildman–Crippen MR) is 57.1 cm³/mol. The fourth-order valence-electron chi connectivity index (χ4n) is 3.80. The first-order valence-corrected chi connectivity index (χ1v) is 6.00. The Labute approximate surface area is 86.5 Å². The summed E-state index contributed by atoms with van der Waals surface area (Å²) in [4.78, 5) is 0. The first-order chi connectivity index (χ1) is 6.62. The Morgan fingerprint density at radius 2 is 1.93 bits per heavy atom. The Morgan fingerprint density at radius 3 is 2.79 bits per heavy atom. The highest BCUT2D eigenvalue weighted by Crippen LogP contribution is 2.56. The summed E-state index contributed by atoms with van der Waals surface area (Å²) in [6.07, 6.45) is 11.4. The van der Waals surface area contributed by atoms with Crippen LogP contribution in [0.25, 0.3) is 0 Å². The molecule has 2 fully saturated rings. The van der Waals surface area contributed by atoms with Gasteiger partial charge in [0.2, 0.25) is 0 Å². The zero-order chi connectivity index (χ0) is 9.81. The van der Waals surface area contributed by atoms with E-state index in [9.17, 15) is 0 Å². The van der Waals surface area contributed by atoms with E-state index in [4.69, 9.17) is 4.74 Å². The van der Waals surface area contributed by atoms with Crippen LogP contribution in [-0.2, 0) is 4.74 Å². The van der Waals surface area contributed by atoms with Crippen LogP contribution < -0.4 is 0 Å². The van der Waals surface area contributed by atoms with Crippen LogP contribution in [0.1, 0.15) is 46.0 Å². The summed E-state index contributed by atoms with van der Waals surface area (Å²) >= 11 is 0. The second kappa shape index (κ2) is 2.63. The lowest BCUT2D eigenvalue weighted by atomic mass is 9.67. The Balaban J connectivity index is 1.99. The monoisotopic (exact) mass is 192 g/mol. The fourth-order valence-corrected chi connectivity index (χ4v) is 3.80. The van der Waals surface area contributed by atoms with Gasteiger partial charge in [0.25, 0.3) is 0 Å². The van der Waals surface area contributed by atoms with Crippen LogP contribution in [0.4, 0.5) is 0 Å². The molecule has 0 N–H and O–H groups in total. The van der Waals surface area contributed by atoms with E-state index < -0.39 is 0 Å². The van der Waals surface area contributed by atoms with Crippen molar-refractivity contribution in [2.75, 3.05) is 0 Å². The lowest BCUT2D eigenvalue weighted by Gasteiger charge is -2.39. The van der Waals surface area contributed by atoms with Gasteiger partial charge in [-0.3, -0.25) is 0 Å². The minimum Gasteiger partial charge on any atom is -0.364 e. The third-order valence-corrected chi connectivity index (χ3v) is 4.64. The van der Waals surface area contributed by atoms with Crippen molar-refractivity contribution in [3.63, 3.8) is 0 Å². The van der Waals surface area contributed by atoms with Gasteiger partial charge >= 0.3 is 0 Å². The van der Waals surface area contributed by atoms with Crippen LogP contribution >= 0.6 is 0 Å². The topological polar surface area (TPSA) is 9.23 Å². The summed E-state index contributed by atoms with van der Waals surface area (Å²) < 4.78 is 6.38. The Kier molecular flexibility index (Phi) is 1.69. The van der Waals surface area contributed by atoms with Gasteiger partial charge < -0.3 is 4.74 Å². The molecule has 3 rings (SSSR count). The van der Waals surface area contributed by atoms with Crippen molar-refractivity contribution >= 4 is 0 Å². The van der Waals surface area contributed by atoms with Gasteiger partial charge in [-0.2, -0.15) is 0 Å². The first kappa shape index (κ1) is 8.96. The molecule has 1 spiro atoms. The van der Waals surface area contributed by atoms with Gasteiger partial charge in [0.15, 0.2) is 0 Å². The largest absolute Gasteiger partial charge is 0.364 e. The van der Waals surface area contributed by atoms with Crippen LogP contribution in [0.2, 0.25) is 0 Å². The van der Waals surface area contributed by atoms with Crippen molar-refractivity contribution in [3.8, 4) is 0 Å². The van der Waals surface area contributed by atoms with E-state index >= 15 is 0 Å². The van der Waals surface area contributed by atoms with E-state index in [1.54, 1.807) is 0 Å². The summed E-state index contributed by atoms with van der Waals surface area (Å²) in [6, 6.07) is 0. The van der Waals surface area contributed by atoms with Crippen molar-refractivity contribution in [2.45, 2.75) is 57.2 Å². The van der Waals surface area contributed by atoms with Gasteiger partial charge in [0, 0.05) is 0 Å². The molecule has 0 aromatic carbocycles. The molecule has 1 nitrogen and oxygen atoms in total. The van der Waals surface area contributed by atoms with Crippen LogP contribution in [0.15, 0.2) is 12.2 Å². The summed E-state index contributed by atoms with van der Waals surface area (Å²) in [7, 11) is 0. The van der Waals surface area contributed by atoms with E-state index in [0.29, 0.717) is 0 Å². The molecule has 3 atom stereocenters. The quantitative estimate of drug-likeness (QED) is 0.535. The molecule has 0 radical (unpaired) electrons. The molecule has 14 heavy (non-hydrogen) atoms. The zero-order valence-electron chi connectivity index (χ0n) is 9.25. The number of fused-ring (bicyclic) bond motifs is 1. The van der Waals surface area contributed by atoms with Crippen molar-refractivity contribution in [1.29, 1.82) is 0 Å². The molecule has 3 aliphatic rings. The maximum absolute atomic E-state index is 6.38. The Hall–Kier alpha value is -0.300. The second-order valence-corrected chi connectivity index (χ2v) is 5.82. The van der Waals surface area contributed by atoms with Gasteiger partial charge in [-0.25, -0.2) is 0 Å². The maximum Gasteiger partial charge on any atom is 0.0901 e. The van der Waals surface area contributed by atoms with Gasteiger partial charge in [-0.15, -0.1) is 0 Å². The normalized spacial score (nSPS) is 49.0. The zero-order valence-corrected chi connectivity index (χ0v) is 9.25. The molecular formula is C13H20O. The van der Waals surface area contributed by atoms with Crippen LogP contribution in [-0.4, -0.2) is 11.2 Å². The molecule has 1 heteroatoms. The average molecular weight is 192 g/mol. The molecule has 0 amide bonds. The van der Waals surface area contributed by atoms with E-state index in [1.165, 1.54) is 32.1 Å². The maximum atomic E-state index is 6.38. The summed E-state index contributed by atoms with van der Waals surface area (Å²) in [5, 5.41) is 0. The van der Waals surface area contributed by atoms with E-state index in [-0.39, 0.29) is 11.2 Å². The third kappa shape index (κ3) is 1.05. The highest BCUT2D eigenvalue weighted by atomic mass is 16.5. The minimum absolute atomic E-state index is 0.121. The molecular weight excluding hydrogens is 172 g/mol. The second-order valence-electron chi connectivity index (χ2n) is 5.82. The lowest BCUT2D eigenvalue weighted by Crippen LogP contribution is -2.39. The van der Waals surface area contributed by atoms with E-state index in [2.05, 4.69) is 26.0 Å². The fraction of sp³-hybridized carbons (Fsp3) is 0.846. The molecule has 0 aromatic heterocycles. The standard InChI is InChI=1S/C13H20O/c1-12(2)11-7-6-10-5-3-4-8-13(10,9-11)14-12/h4,8,10-11H,3,5-7,9H2,1-2H3/t10?,11-,13-/m1/s1. The predicted octanol–water partition coefficient (Wildman–Crippen LogP) is 3.30. The van der Waals surface area contributed by atoms with Crippen molar-refractivity contribution < 1.29 is 4.74 Å². The minimum atomic E-state index is 0.121. The molecule has 2 bridgehead atoms. The molecule has 1 aliphatic heterocycles. The Bertz CT molecular complexity index is 279. The van der Waals surface area contributed by atoms with Crippen molar-refractivity contribution in [2.24, 2.45) is 11.8 Å². The summed E-state index contributed by atoms with van der Waals surface area (Å²) in [5.41, 5.74) is 0.265. The van der Waals surface area contributed by atoms with Crippen molar-refractivity contribution in [3.05, 3.63) is 12.2 Å². The van der Waals surface area contributed by atoms with Crippen LogP contribution in [0, 0.1) is 11.8 Å². The number of ether oxygens (including phenoxy) is 1. The lowest BCUT2D eigenvalue weighted by molar-refractivity contribution is -0.0891. The smallest absolute Gasteiger partial charge is 0.0901 e. The van der Waals surface area contributed by atoms with E-state index in [0.717, 1.165) is 11.8 Å². The molecule has 2 aliphatic carbocycles. The van der Waals surface area contributed by atoms with Gasteiger partial charge in [0.1, 0.15) is 0 Å². The molecule has 1 unspecified atom stereocenters. The summed E-state index contributed by atoms with van der Waals surface area (Å²) in [5.74, 6) is 1.60. The number of rotatable bonds is 0. The molecule has 1 saturated heterocycles. The third-order valence-electron chi connectivity index (χ3n) is 4.64. The molecule has 0 aromatic rings. The van der Waals surface area contributed by atoms with Gasteiger partial charge in [0.05, 0.1) is 11.2 Å². The summed E-state index contributed by atoms with van der Waals surface area (Å²) in [6.45, 7) is 4.55. The SMILES string of the molecule is CC1(C)O[C@@]23C=CCCC2CC[C@@H]1C3. The van der Waals surface area contributed by atoms with E-state index in [1.807, 2.05) is 0 Å². The Morgan fingerprint density at radius 1 is 1.14 bits per heavy atom. The van der Waals surface area contributed by atoms with Gasteiger partial charge in [-0.1, -0.05) is 12.2 Å². The number of hydrogen-bond donors (Lipinski definition) is 0. The molecule has 1 heterocycles. The van der Waals surface area contributed by atoms with Crippen LogP contribution in [0.3, 0.4) is 0 Å². The molecule has 78 valence electrons.